The molecule has 1 aromatic heterocycles. The fourth-order valence-electron chi connectivity index (χ4n) is 0.472. The number of rotatable bonds is 2. The lowest BCUT2D eigenvalue weighted by Gasteiger charge is -1.92. The summed E-state index contributed by atoms with van der Waals surface area (Å²) in [7, 11) is 0. The molecule has 0 radical (unpaired) electrons. The van der Waals surface area contributed by atoms with E-state index in [1.807, 2.05) is 11.4 Å². The fraction of sp³-hybridized carbons (Fsp3) is 0.200. The zero-order valence-electron chi connectivity index (χ0n) is 4.53. The van der Waals surface area contributed by atoms with E-state index in [-0.39, 0.29) is 0 Å². The molecule has 0 atom stereocenters. The van der Waals surface area contributed by atoms with Crippen LogP contribution in [0.2, 0.25) is 0 Å². The molecule has 0 amide bonds. The number of alkyl halides is 1. The zero-order chi connectivity index (χ0) is 6.69. The first-order chi connectivity index (χ1) is 4.33. The molecule has 0 saturated carbocycles. The maximum Gasteiger partial charge on any atom is 0.0900 e. The van der Waals surface area contributed by atoms with Crippen LogP contribution in [-0.4, -0.2) is 5.45 Å². The Morgan fingerprint density at radius 3 is 2.89 bits per heavy atom. The van der Waals surface area contributed by atoms with Gasteiger partial charge in [0.05, 0.1) is 10.5 Å². The summed E-state index contributed by atoms with van der Waals surface area (Å²) in [6.45, 7) is 0. The van der Waals surface area contributed by atoms with Gasteiger partial charge in [0.15, 0.2) is 0 Å². The number of halogens is 2. The van der Waals surface area contributed by atoms with Crippen LogP contribution in [0.4, 0.5) is 5.00 Å². The van der Waals surface area contributed by atoms with Crippen LogP contribution in [0.5, 0.6) is 0 Å². The molecule has 0 aromatic carbocycles. The van der Waals surface area contributed by atoms with Crippen molar-refractivity contribution in [3.63, 3.8) is 0 Å². The summed E-state index contributed by atoms with van der Waals surface area (Å²) in [5.41, 5.74) is 0.806. The smallest absolute Gasteiger partial charge is 0.0900 e. The molecule has 9 heavy (non-hydrogen) atoms. The normalized spacial score (nSPS) is 9.56. The average Bonchev–Trinajstić information content (AvgIpc) is 2.17. The molecule has 0 aliphatic heterocycles. The Bertz CT molecular complexity index is 187. The first kappa shape index (κ1) is 7.57. The Morgan fingerprint density at radius 2 is 2.44 bits per heavy atom. The summed E-state index contributed by atoms with van der Waals surface area (Å²) < 4.78 is 1.14. The highest BCUT2D eigenvalue weighted by molar-refractivity contribution is 9.10. The lowest BCUT2D eigenvalue weighted by atomic mass is 10.6. The highest BCUT2D eigenvalue weighted by Crippen LogP contribution is 2.24. The van der Waals surface area contributed by atoms with Crippen molar-refractivity contribution in [3.05, 3.63) is 15.9 Å². The van der Waals surface area contributed by atoms with E-state index in [9.17, 15) is 0 Å². The van der Waals surface area contributed by atoms with Gasteiger partial charge in [0.2, 0.25) is 0 Å². The summed E-state index contributed by atoms with van der Waals surface area (Å²) >= 11 is 8.32. The fourth-order valence-corrected chi connectivity index (χ4v) is 2.28. The molecule has 0 fully saturated rings. The largest absolute Gasteiger partial charge is 0.367 e. The molecule has 1 rings (SSSR count). The molecule has 4 heteroatoms. The van der Waals surface area contributed by atoms with Gasteiger partial charge < -0.3 is 5.32 Å². The van der Waals surface area contributed by atoms with Crippen LogP contribution in [0.15, 0.2) is 15.9 Å². The molecule has 0 unspecified atom stereocenters. The number of anilines is 1. The van der Waals surface area contributed by atoms with Crippen molar-refractivity contribution in [3.8, 4) is 0 Å². The van der Waals surface area contributed by atoms with Gasteiger partial charge in [0, 0.05) is 9.85 Å². The Balaban J connectivity index is 2.61. The van der Waals surface area contributed by atoms with Gasteiger partial charge in [-0.25, -0.2) is 0 Å². The predicted octanol–water partition coefficient (Wildman–Crippen LogP) is 3.27. The monoisotopic (exact) mass is 269 g/mol. The van der Waals surface area contributed by atoms with Crippen LogP contribution in [0, 0.1) is 0 Å². The second-order valence-corrected chi connectivity index (χ2v) is 3.83. The van der Waals surface area contributed by atoms with Gasteiger partial charge in [-0.05, 0) is 22.0 Å². The molecular weight excluding hydrogens is 266 g/mol. The number of thiophene rings is 1. The highest BCUT2D eigenvalue weighted by Gasteiger charge is 1.92. The van der Waals surface area contributed by atoms with Gasteiger partial charge in [0.1, 0.15) is 0 Å². The number of hydrogen-bond donors (Lipinski definition) is 1. The summed E-state index contributed by atoms with van der Waals surface area (Å²) in [5.74, 6) is 0. The maximum absolute atomic E-state index is 3.36. The molecule has 0 aliphatic rings. The third kappa shape index (κ3) is 2.27. The summed E-state index contributed by atoms with van der Waals surface area (Å²) in [5, 5.41) is 6.36. The molecule has 1 N–H and O–H groups in total. The molecule has 1 aromatic rings. The molecular formula is C5H5Br2NS. The first-order valence-corrected chi connectivity index (χ1v) is 5.16. The molecule has 0 spiro atoms. The van der Waals surface area contributed by atoms with Gasteiger partial charge in [-0.15, -0.1) is 11.3 Å². The van der Waals surface area contributed by atoms with E-state index in [2.05, 4.69) is 37.2 Å². The summed E-state index contributed by atoms with van der Waals surface area (Å²) in [6, 6.07) is 2.05. The Morgan fingerprint density at radius 1 is 1.67 bits per heavy atom. The zero-order valence-corrected chi connectivity index (χ0v) is 8.51. The third-order valence-electron chi connectivity index (χ3n) is 0.809. The van der Waals surface area contributed by atoms with Crippen LogP contribution < -0.4 is 5.32 Å². The maximum atomic E-state index is 3.36. The van der Waals surface area contributed by atoms with E-state index >= 15 is 0 Å². The molecule has 0 saturated heterocycles. The van der Waals surface area contributed by atoms with E-state index in [0.717, 1.165) is 9.93 Å². The van der Waals surface area contributed by atoms with Gasteiger partial charge in [0.25, 0.3) is 0 Å². The molecule has 0 bridgehead atoms. The van der Waals surface area contributed by atoms with Crippen molar-refractivity contribution < 1.29 is 0 Å². The third-order valence-corrected chi connectivity index (χ3v) is 2.74. The van der Waals surface area contributed by atoms with Gasteiger partial charge in [-0.2, -0.15) is 0 Å². The molecule has 1 nitrogen and oxygen atoms in total. The van der Waals surface area contributed by atoms with Gasteiger partial charge in [-0.1, -0.05) is 15.9 Å². The minimum atomic E-state index is 0.806. The molecule has 0 aliphatic carbocycles. The van der Waals surface area contributed by atoms with Crippen LogP contribution in [0.3, 0.4) is 0 Å². The van der Waals surface area contributed by atoms with Crippen molar-refractivity contribution >= 4 is 48.2 Å². The minimum Gasteiger partial charge on any atom is -0.367 e. The second-order valence-electron chi connectivity index (χ2n) is 1.44. The summed E-state index contributed by atoms with van der Waals surface area (Å²) in [6.07, 6.45) is 0. The Kier molecular flexibility index (Phi) is 3.01. The lowest BCUT2D eigenvalue weighted by Crippen LogP contribution is -1.88. The minimum absolute atomic E-state index is 0.806. The van der Waals surface area contributed by atoms with Crippen molar-refractivity contribution in [1.29, 1.82) is 0 Å². The van der Waals surface area contributed by atoms with E-state index in [4.69, 9.17) is 0 Å². The SMILES string of the molecule is BrCNc1cc(Br)cs1. The van der Waals surface area contributed by atoms with Crippen molar-refractivity contribution in [2.24, 2.45) is 0 Å². The van der Waals surface area contributed by atoms with Crippen LogP contribution in [0.1, 0.15) is 0 Å². The van der Waals surface area contributed by atoms with Crippen molar-refractivity contribution in [1.82, 2.24) is 0 Å². The predicted molar refractivity (Wildman–Crippen MR) is 49.4 cm³/mol. The Hall–Kier alpha value is 0.460. The standard InChI is InChI=1S/C5H5Br2NS/c6-3-8-5-1-4(7)2-9-5/h1-2,8H,3H2. The second kappa shape index (κ2) is 3.58. The van der Waals surface area contributed by atoms with E-state index in [1.165, 1.54) is 5.00 Å². The topological polar surface area (TPSA) is 12.0 Å². The molecule has 50 valence electrons. The summed E-state index contributed by atoms with van der Waals surface area (Å²) in [4.78, 5) is 0. The number of hydrogen-bond acceptors (Lipinski definition) is 2. The highest BCUT2D eigenvalue weighted by atomic mass is 79.9. The van der Waals surface area contributed by atoms with Gasteiger partial charge >= 0.3 is 0 Å². The van der Waals surface area contributed by atoms with Crippen LogP contribution in [-0.2, 0) is 0 Å². The van der Waals surface area contributed by atoms with Crippen LogP contribution >= 0.6 is 43.2 Å². The van der Waals surface area contributed by atoms with E-state index in [1.54, 1.807) is 11.3 Å². The Labute approximate surface area is 74.7 Å². The van der Waals surface area contributed by atoms with Crippen molar-refractivity contribution in [2.75, 3.05) is 10.8 Å². The van der Waals surface area contributed by atoms with E-state index in [0.29, 0.717) is 0 Å². The number of nitrogens with one attached hydrogen (secondary N) is 1. The van der Waals surface area contributed by atoms with Crippen molar-refractivity contribution in [2.45, 2.75) is 0 Å². The van der Waals surface area contributed by atoms with Crippen LogP contribution in [0.25, 0.3) is 0 Å². The van der Waals surface area contributed by atoms with Gasteiger partial charge in [-0.3, -0.25) is 0 Å². The quantitative estimate of drug-likeness (QED) is 0.643. The molecule has 1 heterocycles. The van der Waals surface area contributed by atoms with E-state index < -0.39 is 0 Å². The average molecular weight is 271 g/mol. The lowest BCUT2D eigenvalue weighted by molar-refractivity contribution is 1.54. The first-order valence-electron chi connectivity index (χ1n) is 2.37.